The van der Waals surface area contributed by atoms with E-state index in [1.165, 1.54) is 23.0 Å². The highest BCUT2D eigenvalue weighted by Crippen LogP contribution is 2.36. The normalized spacial score (nSPS) is 16.3. The molecule has 3 N–H and O–H groups in total. The van der Waals surface area contributed by atoms with Gasteiger partial charge in [0.1, 0.15) is 9.79 Å². The highest BCUT2D eigenvalue weighted by atomic mass is 35.5. The van der Waals surface area contributed by atoms with E-state index in [0.29, 0.717) is 5.69 Å². The molecule has 1 aliphatic heterocycles. The van der Waals surface area contributed by atoms with E-state index in [-0.39, 0.29) is 34.5 Å². The number of sulfonamides is 2. The first-order valence-electron chi connectivity index (χ1n) is 8.96. The second-order valence-electron chi connectivity index (χ2n) is 6.97. The van der Waals surface area contributed by atoms with Gasteiger partial charge in [0.15, 0.2) is 0 Å². The number of rotatable bonds is 4. The first-order valence-corrected chi connectivity index (χ1v) is 12.3. The molecular formula is C17H14ClF3N6O4S2. The molecule has 0 bridgehead atoms. The third-order valence-electron chi connectivity index (χ3n) is 4.74. The van der Waals surface area contributed by atoms with Crippen LogP contribution in [0.25, 0.3) is 5.69 Å². The van der Waals surface area contributed by atoms with Crippen molar-refractivity contribution in [3.05, 3.63) is 58.9 Å². The first-order chi connectivity index (χ1) is 15.3. The molecule has 4 rings (SSSR count). The van der Waals surface area contributed by atoms with Crippen LogP contribution in [0.5, 0.6) is 0 Å². The Kier molecular flexibility index (Phi) is 5.65. The molecule has 2 heterocycles. The Morgan fingerprint density at radius 2 is 1.85 bits per heavy atom. The van der Waals surface area contributed by atoms with E-state index >= 15 is 0 Å². The number of halogens is 4. The summed E-state index contributed by atoms with van der Waals surface area (Å²) in [5.41, 5.74) is -0.227. The summed E-state index contributed by atoms with van der Waals surface area (Å²) in [5, 5.41) is 15.4. The number of primary sulfonamides is 1. The monoisotopic (exact) mass is 522 g/mol. The van der Waals surface area contributed by atoms with Crippen molar-refractivity contribution < 1.29 is 30.0 Å². The molecule has 0 fully saturated rings. The summed E-state index contributed by atoms with van der Waals surface area (Å²) in [4.78, 5) is -0.874. The summed E-state index contributed by atoms with van der Waals surface area (Å²) in [6.07, 6.45) is -3.11. The third-order valence-corrected chi connectivity index (χ3v) is 7.95. The number of aromatic nitrogens is 3. The Bertz CT molecular complexity index is 1440. The quantitative estimate of drug-likeness (QED) is 0.535. The molecule has 0 saturated heterocycles. The Morgan fingerprint density at radius 3 is 2.45 bits per heavy atom. The van der Waals surface area contributed by atoms with Gasteiger partial charge in [-0.25, -0.2) is 26.7 Å². The molecule has 2 aromatic carbocycles. The van der Waals surface area contributed by atoms with Crippen LogP contribution in [0, 0.1) is 0 Å². The molecule has 0 amide bonds. The molecule has 16 heteroatoms. The summed E-state index contributed by atoms with van der Waals surface area (Å²) in [7, 11) is -8.44. The van der Waals surface area contributed by atoms with Gasteiger partial charge < -0.3 is 5.32 Å². The summed E-state index contributed by atoms with van der Waals surface area (Å²) < 4.78 is 89.9. The topological polar surface area (TPSA) is 140 Å². The van der Waals surface area contributed by atoms with Crippen molar-refractivity contribution in [2.45, 2.75) is 22.5 Å². The average Bonchev–Trinajstić information content (AvgIpc) is 3.17. The maximum atomic E-state index is 13.1. The number of fused-ring (bicyclic) bond motifs is 1. The number of alkyl halides is 3. The smallest absolute Gasteiger partial charge is 0.370 e. The fourth-order valence-electron chi connectivity index (χ4n) is 3.12. The van der Waals surface area contributed by atoms with Crippen LogP contribution in [-0.2, 0) is 32.8 Å². The maximum Gasteiger partial charge on any atom is 0.416 e. The van der Waals surface area contributed by atoms with Gasteiger partial charge in [-0.1, -0.05) is 16.8 Å². The van der Waals surface area contributed by atoms with Gasteiger partial charge in [0.25, 0.3) is 0 Å². The third kappa shape index (κ3) is 4.54. The minimum Gasteiger partial charge on any atom is -0.370 e. The van der Waals surface area contributed by atoms with Crippen molar-refractivity contribution in [1.82, 2.24) is 19.3 Å². The highest BCUT2D eigenvalue weighted by Gasteiger charge is 2.34. The first kappa shape index (κ1) is 23.4. The molecule has 33 heavy (non-hydrogen) atoms. The Balaban J connectivity index is 1.60. The molecule has 10 nitrogen and oxygen atoms in total. The molecule has 0 radical (unpaired) electrons. The molecule has 0 unspecified atom stereocenters. The SMILES string of the molecule is NS(=O)(=O)c1cc2c(cc1Cl)NCN(Cc1cn(-c3ccc(C(F)(F)F)cc3)nn1)S2(=O)=O. The number of nitrogens with two attached hydrogens (primary N) is 1. The molecule has 0 saturated carbocycles. The van der Waals surface area contributed by atoms with E-state index in [1.807, 2.05) is 0 Å². The summed E-state index contributed by atoms with van der Waals surface area (Å²) in [5.74, 6) is 0. The standard InChI is InChI=1S/C17H14ClF3N6O4S2/c18-13-5-14-16(6-15(13)32(22,28)29)33(30,31)26(9-23-14)7-11-8-27(25-24-11)12-3-1-10(2-4-12)17(19,20)21/h1-6,8,23H,7,9H2,(H2,22,28,29). The van der Waals surface area contributed by atoms with Crippen molar-refractivity contribution in [2.75, 3.05) is 12.0 Å². The molecule has 0 spiro atoms. The molecular weight excluding hydrogens is 509 g/mol. The number of hydrogen-bond donors (Lipinski definition) is 2. The lowest BCUT2D eigenvalue weighted by atomic mass is 10.2. The van der Waals surface area contributed by atoms with E-state index in [2.05, 4.69) is 15.6 Å². The van der Waals surface area contributed by atoms with Crippen molar-refractivity contribution >= 4 is 37.3 Å². The fourth-order valence-corrected chi connectivity index (χ4v) is 5.79. The van der Waals surface area contributed by atoms with Gasteiger partial charge in [-0.2, -0.15) is 17.5 Å². The van der Waals surface area contributed by atoms with E-state index in [0.717, 1.165) is 28.6 Å². The molecule has 3 aromatic rings. The summed E-state index contributed by atoms with van der Waals surface area (Å²) in [6.45, 7) is -0.420. The minimum absolute atomic E-state index is 0.108. The zero-order valence-corrected chi connectivity index (χ0v) is 18.7. The van der Waals surface area contributed by atoms with E-state index in [4.69, 9.17) is 16.7 Å². The van der Waals surface area contributed by atoms with Crippen LogP contribution in [0.2, 0.25) is 5.02 Å². The number of anilines is 1. The Hall–Kier alpha value is -2.72. The summed E-state index contributed by atoms with van der Waals surface area (Å²) in [6, 6.07) is 6.22. The predicted octanol–water partition coefficient (Wildman–Crippen LogP) is 2.16. The van der Waals surface area contributed by atoms with Crippen molar-refractivity contribution in [1.29, 1.82) is 0 Å². The largest absolute Gasteiger partial charge is 0.416 e. The number of benzene rings is 2. The van der Waals surface area contributed by atoms with Crippen molar-refractivity contribution in [2.24, 2.45) is 5.14 Å². The van der Waals surface area contributed by atoms with Crippen LogP contribution in [-0.4, -0.2) is 42.8 Å². The van der Waals surface area contributed by atoms with Crippen LogP contribution in [0.4, 0.5) is 18.9 Å². The maximum absolute atomic E-state index is 13.1. The zero-order chi connectivity index (χ0) is 24.2. The predicted molar refractivity (Wildman–Crippen MR) is 110 cm³/mol. The van der Waals surface area contributed by atoms with Crippen molar-refractivity contribution in [3.8, 4) is 5.69 Å². The van der Waals surface area contributed by atoms with Crippen LogP contribution < -0.4 is 10.5 Å². The van der Waals surface area contributed by atoms with Crippen LogP contribution in [0.3, 0.4) is 0 Å². The number of nitrogens with zero attached hydrogens (tertiary/aromatic N) is 4. The van der Waals surface area contributed by atoms with Gasteiger partial charge in [-0.05, 0) is 36.4 Å². The van der Waals surface area contributed by atoms with Crippen LogP contribution >= 0.6 is 11.6 Å². The second kappa shape index (κ2) is 7.95. The van der Waals surface area contributed by atoms with Crippen LogP contribution in [0.15, 0.2) is 52.4 Å². The summed E-state index contributed by atoms with van der Waals surface area (Å²) >= 11 is 5.91. The van der Waals surface area contributed by atoms with E-state index in [1.54, 1.807) is 0 Å². The van der Waals surface area contributed by atoms with Gasteiger partial charge in [-0.3, -0.25) is 0 Å². The molecule has 0 aliphatic carbocycles. The van der Waals surface area contributed by atoms with Gasteiger partial charge in [-0.15, -0.1) is 5.10 Å². The van der Waals surface area contributed by atoms with Crippen molar-refractivity contribution in [3.63, 3.8) is 0 Å². The molecule has 0 atom stereocenters. The van der Waals surface area contributed by atoms with Gasteiger partial charge in [0.05, 0.1) is 47.1 Å². The van der Waals surface area contributed by atoms with Crippen LogP contribution in [0.1, 0.15) is 11.3 Å². The lowest BCUT2D eigenvalue weighted by Crippen LogP contribution is -2.39. The Labute approximate surface area is 190 Å². The average molecular weight is 523 g/mol. The number of nitrogens with one attached hydrogen (secondary N) is 1. The van der Waals surface area contributed by atoms with E-state index < -0.39 is 36.7 Å². The van der Waals surface area contributed by atoms with Gasteiger partial charge in [0, 0.05) is 0 Å². The van der Waals surface area contributed by atoms with Gasteiger partial charge >= 0.3 is 6.18 Å². The fraction of sp³-hybridized carbons (Fsp3) is 0.176. The zero-order valence-electron chi connectivity index (χ0n) is 16.3. The molecule has 1 aromatic heterocycles. The lowest BCUT2D eigenvalue weighted by molar-refractivity contribution is -0.137. The minimum atomic E-state index is -4.48. The molecule has 1 aliphatic rings. The number of hydrogen-bond acceptors (Lipinski definition) is 7. The van der Waals surface area contributed by atoms with Gasteiger partial charge in [0.2, 0.25) is 20.0 Å². The lowest BCUT2D eigenvalue weighted by Gasteiger charge is -2.29. The molecule has 176 valence electrons. The second-order valence-corrected chi connectivity index (χ2v) is 10.8. The highest BCUT2D eigenvalue weighted by molar-refractivity contribution is 7.90. The van der Waals surface area contributed by atoms with E-state index in [9.17, 15) is 30.0 Å². The Morgan fingerprint density at radius 1 is 1.18 bits per heavy atom.